The zero-order valence-electron chi connectivity index (χ0n) is 26.1. The Labute approximate surface area is 261 Å². The summed E-state index contributed by atoms with van der Waals surface area (Å²) in [6.07, 6.45) is -6.08. The number of carbonyl (C=O) groups excluding carboxylic acids is 5. The van der Waals surface area contributed by atoms with Crippen molar-refractivity contribution in [2.24, 2.45) is 23.2 Å². The largest absolute Gasteiger partial charge is 0.462 e. The Morgan fingerprint density at radius 2 is 1.55 bits per heavy atom. The molecule has 0 radical (unpaired) electrons. The number of epoxide rings is 1. The van der Waals surface area contributed by atoms with Crippen LogP contribution in [-0.2, 0) is 57.1 Å². The van der Waals surface area contributed by atoms with E-state index in [-0.39, 0.29) is 31.8 Å². The average Bonchev–Trinajstić information content (AvgIpc) is 3.64. The van der Waals surface area contributed by atoms with Gasteiger partial charge in [-0.2, -0.15) is 0 Å². The van der Waals surface area contributed by atoms with E-state index >= 15 is 0 Å². The van der Waals surface area contributed by atoms with Gasteiger partial charge in [-0.25, -0.2) is 0 Å². The first kappa shape index (κ1) is 32.7. The molecule has 5 rings (SSSR count). The van der Waals surface area contributed by atoms with Crippen LogP contribution in [0.15, 0.2) is 12.2 Å². The van der Waals surface area contributed by atoms with Crippen molar-refractivity contribution in [1.82, 2.24) is 0 Å². The minimum Gasteiger partial charge on any atom is -0.462 e. The normalized spacial score (nSPS) is 44.0. The minimum absolute atomic E-state index is 0.00343. The van der Waals surface area contributed by atoms with Crippen LogP contribution in [-0.4, -0.2) is 89.7 Å². The van der Waals surface area contributed by atoms with E-state index in [1.807, 2.05) is 13.8 Å². The summed E-state index contributed by atoms with van der Waals surface area (Å²) in [5.41, 5.74) is -3.85. The summed E-state index contributed by atoms with van der Waals surface area (Å²) in [6, 6.07) is 0. The lowest BCUT2D eigenvalue weighted by molar-refractivity contribution is -0.296. The lowest BCUT2D eigenvalue weighted by Crippen LogP contribution is -2.76. The smallest absolute Gasteiger partial charge is 0.312 e. The van der Waals surface area contributed by atoms with Crippen LogP contribution in [0.1, 0.15) is 67.7 Å². The van der Waals surface area contributed by atoms with Gasteiger partial charge >= 0.3 is 29.8 Å². The fraction of sp³-hybridized carbons (Fsp3) is 0.774. The maximum atomic E-state index is 13.3. The summed E-state index contributed by atoms with van der Waals surface area (Å²) in [5, 5.41) is -0.938. The molecule has 1 aliphatic carbocycles. The first-order valence-electron chi connectivity index (χ1n) is 15.0. The van der Waals surface area contributed by atoms with Crippen molar-refractivity contribution in [3.8, 4) is 0 Å². The van der Waals surface area contributed by atoms with Gasteiger partial charge in [0.2, 0.25) is 0 Å². The highest BCUT2D eigenvalue weighted by atomic mass is 35.5. The zero-order valence-corrected chi connectivity index (χ0v) is 26.8. The topological polar surface area (TPSA) is 153 Å². The molecule has 5 fully saturated rings. The highest BCUT2D eigenvalue weighted by Crippen LogP contribution is 2.65. The quantitative estimate of drug-likeness (QED) is 0.138. The predicted molar refractivity (Wildman–Crippen MR) is 151 cm³/mol. The van der Waals surface area contributed by atoms with E-state index < -0.39 is 100 Å². The first-order valence-corrected chi connectivity index (χ1v) is 15.5. The third kappa shape index (κ3) is 5.01. The van der Waals surface area contributed by atoms with Crippen molar-refractivity contribution < 1.29 is 57.1 Å². The van der Waals surface area contributed by atoms with Gasteiger partial charge in [-0.1, -0.05) is 27.4 Å². The maximum Gasteiger partial charge on any atom is 0.312 e. The number of alkyl halides is 1. The summed E-state index contributed by atoms with van der Waals surface area (Å²) in [5.74, 6) is -4.99. The third-order valence-corrected chi connectivity index (χ3v) is 10.6. The molecule has 2 spiro atoms. The minimum atomic E-state index is -1.64. The van der Waals surface area contributed by atoms with E-state index in [2.05, 4.69) is 6.58 Å². The van der Waals surface area contributed by atoms with Crippen LogP contribution in [0, 0.1) is 23.2 Å². The van der Waals surface area contributed by atoms with Crippen molar-refractivity contribution >= 4 is 41.4 Å². The molecule has 0 aromatic carbocycles. The second-order valence-electron chi connectivity index (χ2n) is 13.4. The van der Waals surface area contributed by atoms with Gasteiger partial charge in [-0.05, 0) is 18.4 Å². The summed E-state index contributed by atoms with van der Waals surface area (Å²) in [7, 11) is 0. The molecule has 2 bridgehead atoms. The van der Waals surface area contributed by atoms with Crippen molar-refractivity contribution in [2.45, 2.75) is 121 Å². The molecule has 4 heterocycles. The Kier molecular flexibility index (Phi) is 8.38. The molecule has 244 valence electrons. The number of hydrogen-bond donors (Lipinski definition) is 0. The first-order chi connectivity index (χ1) is 20.5. The summed E-state index contributed by atoms with van der Waals surface area (Å²) in [4.78, 5) is 64.6. The van der Waals surface area contributed by atoms with Crippen LogP contribution in [0.2, 0.25) is 0 Å². The number of ether oxygens (including phenoxy) is 7. The Hall–Kier alpha value is -2.70. The van der Waals surface area contributed by atoms with Gasteiger partial charge in [0.1, 0.15) is 30.0 Å². The number of halogens is 1. The van der Waals surface area contributed by atoms with Crippen molar-refractivity contribution in [2.75, 3.05) is 6.61 Å². The number of esters is 5. The second kappa shape index (κ2) is 11.3. The summed E-state index contributed by atoms with van der Waals surface area (Å²) >= 11 is 6.94. The van der Waals surface area contributed by atoms with Crippen LogP contribution < -0.4 is 0 Å². The van der Waals surface area contributed by atoms with E-state index in [1.54, 1.807) is 13.8 Å². The standard InChI is InChI=1S/C31H41ClO12/c1-13(2)9-23(36)42-22-11-21(40-17(6)34)29(8)20(39-16(5)33)10-19-14(3)24(32)26-31(44-19,15(4)28(37)43-26)27(41-18(7)35)25(29)30(22)12-38-30/h13,15,19-22,24-27H,3,9-12H2,1-2,4-8H3/t15-,19?,20-,21-,22+,24-,25+,26-,27-,29-,30+,31?/m0/s1. The highest BCUT2D eigenvalue weighted by molar-refractivity contribution is 6.23. The molecule has 4 aliphatic heterocycles. The molecule has 5 aliphatic rings. The molecular formula is C31H41ClO12. The molecule has 4 saturated heterocycles. The fourth-order valence-electron chi connectivity index (χ4n) is 8.08. The van der Waals surface area contributed by atoms with E-state index in [4.69, 9.17) is 44.8 Å². The van der Waals surface area contributed by atoms with Crippen molar-refractivity contribution in [3.05, 3.63) is 12.2 Å². The van der Waals surface area contributed by atoms with Gasteiger partial charge in [-0.15, -0.1) is 11.6 Å². The molecule has 0 amide bonds. The predicted octanol–water partition coefficient (Wildman–Crippen LogP) is 2.80. The summed E-state index contributed by atoms with van der Waals surface area (Å²) in [6.45, 7) is 15.1. The van der Waals surface area contributed by atoms with Gasteiger partial charge < -0.3 is 33.2 Å². The molecule has 0 aromatic heterocycles. The van der Waals surface area contributed by atoms with Crippen LogP contribution in [0.4, 0.5) is 0 Å². The fourth-order valence-corrected chi connectivity index (χ4v) is 8.47. The van der Waals surface area contributed by atoms with E-state index in [1.165, 1.54) is 20.8 Å². The number of carbonyl (C=O) groups is 5. The van der Waals surface area contributed by atoms with Gasteiger partial charge in [0.25, 0.3) is 0 Å². The molecule has 12 nitrogen and oxygen atoms in total. The van der Waals surface area contributed by atoms with Gasteiger partial charge in [0, 0.05) is 46.0 Å². The highest BCUT2D eigenvalue weighted by Gasteiger charge is 2.81. The third-order valence-electron chi connectivity index (χ3n) is 10.1. The zero-order chi connectivity index (χ0) is 32.5. The number of hydrogen-bond acceptors (Lipinski definition) is 12. The van der Waals surface area contributed by atoms with Gasteiger partial charge in [0.05, 0.1) is 29.4 Å². The lowest BCUT2D eigenvalue weighted by atomic mass is 9.51. The van der Waals surface area contributed by atoms with Crippen molar-refractivity contribution in [1.29, 1.82) is 0 Å². The second-order valence-corrected chi connectivity index (χ2v) is 13.8. The SMILES string of the molecule is C=C1C2C[C@H](OC(C)=O)[C@@]3(C)[C@@H](OC(C)=O)C[C@@H](OC(=O)CC(C)C)[C@]4(CO4)[C@@H]3[C@H](OC(C)=O)C3(O2)[C@@H](C)C(=O)O[C@H]3[C@H]1Cl. The number of fused-ring (bicyclic) bond motifs is 3. The lowest BCUT2D eigenvalue weighted by Gasteiger charge is -2.62. The number of rotatable bonds is 6. The monoisotopic (exact) mass is 640 g/mol. The van der Waals surface area contributed by atoms with Gasteiger partial charge in [0.15, 0.2) is 11.7 Å². The Morgan fingerprint density at radius 1 is 0.977 bits per heavy atom. The average molecular weight is 641 g/mol. The Bertz CT molecular complexity index is 1260. The van der Waals surface area contributed by atoms with Crippen LogP contribution >= 0.6 is 11.6 Å². The Balaban J connectivity index is 1.78. The molecule has 12 atom stereocenters. The van der Waals surface area contributed by atoms with E-state index in [9.17, 15) is 24.0 Å². The molecule has 44 heavy (non-hydrogen) atoms. The maximum absolute atomic E-state index is 13.3. The summed E-state index contributed by atoms with van der Waals surface area (Å²) < 4.78 is 43.0. The van der Waals surface area contributed by atoms with Crippen molar-refractivity contribution in [3.63, 3.8) is 0 Å². The van der Waals surface area contributed by atoms with E-state index in [0.717, 1.165) is 0 Å². The molecule has 13 heteroatoms. The van der Waals surface area contributed by atoms with Crippen LogP contribution in [0.3, 0.4) is 0 Å². The Morgan fingerprint density at radius 3 is 2.07 bits per heavy atom. The molecule has 0 N–H and O–H groups in total. The van der Waals surface area contributed by atoms with E-state index in [0.29, 0.717) is 5.57 Å². The molecule has 1 saturated carbocycles. The molecule has 2 unspecified atom stereocenters. The molecular weight excluding hydrogens is 600 g/mol. The van der Waals surface area contributed by atoms with Crippen LogP contribution in [0.25, 0.3) is 0 Å². The molecule has 0 aromatic rings. The van der Waals surface area contributed by atoms with Gasteiger partial charge in [-0.3, -0.25) is 24.0 Å². The van der Waals surface area contributed by atoms with Crippen LogP contribution in [0.5, 0.6) is 0 Å².